The monoisotopic (exact) mass is 368 g/mol. The van der Waals surface area contributed by atoms with Gasteiger partial charge < -0.3 is 4.90 Å². The lowest BCUT2D eigenvalue weighted by molar-refractivity contribution is -0.146. The maximum atomic E-state index is 13.3. The number of carbonyl (C=O) groups excluding carboxylic acids is 3. The van der Waals surface area contributed by atoms with Crippen molar-refractivity contribution in [2.75, 3.05) is 18.0 Å². The van der Waals surface area contributed by atoms with E-state index in [2.05, 4.69) is 0 Å². The van der Waals surface area contributed by atoms with E-state index in [1.54, 1.807) is 24.3 Å². The fourth-order valence-electron chi connectivity index (χ4n) is 5.12. The van der Waals surface area contributed by atoms with Gasteiger partial charge in [-0.3, -0.25) is 14.4 Å². The zero-order valence-electron chi connectivity index (χ0n) is 16.5. The second-order valence-electron chi connectivity index (χ2n) is 9.03. The third-order valence-electron chi connectivity index (χ3n) is 7.41. The fraction of sp³-hybridized carbons (Fsp3) is 0.591. The Bertz CT molecular complexity index is 810. The summed E-state index contributed by atoms with van der Waals surface area (Å²) < 4.78 is 0. The molecule has 5 heteroatoms. The van der Waals surface area contributed by atoms with Crippen molar-refractivity contribution in [3.05, 3.63) is 29.8 Å². The number of benzene rings is 1. The molecule has 0 spiro atoms. The standard InChI is InChI=1S/C22H28N2O3/c1-21(2)17-10-11-22(21,3)20(27)24(19(17)26)16-9-7-8-15(14-16)18(25)23-12-5-4-6-13-23/h7-9,14,17H,4-6,10-13H2,1-3H3/t17-,22+/m0/s1. The second kappa shape index (κ2) is 6.18. The lowest BCUT2D eigenvalue weighted by Crippen LogP contribution is -2.59. The highest BCUT2D eigenvalue weighted by atomic mass is 16.2. The van der Waals surface area contributed by atoms with Crippen LogP contribution in [-0.2, 0) is 9.59 Å². The minimum atomic E-state index is -0.543. The summed E-state index contributed by atoms with van der Waals surface area (Å²) in [4.78, 5) is 42.5. The van der Waals surface area contributed by atoms with Gasteiger partial charge in [0.2, 0.25) is 11.8 Å². The summed E-state index contributed by atoms with van der Waals surface area (Å²) in [5.74, 6) is -0.416. The van der Waals surface area contributed by atoms with E-state index in [9.17, 15) is 14.4 Å². The Labute approximate surface area is 160 Å². The van der Waals surface area contributed by atoms with Gasteiger partial charge in [0.1, 0.15) is 0 Å². The molecule has 3 amide bonds. The summed E-state index contributed by atoms with van der Waals surface area (Å²) in [6, 6.07) is 7.04. The van der Waals surface area contributed by atoms with Crippen LogP contribution < -0.4 is 4.90 Å². The maximum absolute atomic E-state index is 13.3. The van der Waals surface area contributed by atoms with E-state index >= 15 is 0 Å². The van der Waals surface area contributed by atoms with Crippen molar-refractivity contribution >= 4 is 23.4 Å². The number of anilines is 1. The van der Waals surface area contributed by atoms with E-state index in [-0.39, 0.29) is 29.1 Å². The van der Waals surface area contributed by atoms with Gasteiger partial charge in [0, 0.05) is 24.6 Å². The van der Waals surface area contributed by atoms with Crippen LogP contribution in [-0.4, -0.2) is 35.7 Å². The molecule has 2 atom stereocenters. The molecule has 3 aliphatic rings. The van der Waals surface area contributed by atoms with Gasteiger partial charge in [-0.25, -0.2) is 4.90 Å². The van der Waals surface area contributed by atoms with E-state index in [0.717, 1.165) is 45.2 Å². The molecule has 0 unspecified atom stereocenters. The minimum absolute atomic E-state index is 0.0111. The Morgan fingerprint density at radius 2 is 1.78 bits per heavy atom. The minimum Gasteiger partial charge on any atom is -0.339 e. The molecule has 1 aromatic carbocycles. The molecule has 1 saturated carbocycles. The van der Waals surface area contributed by atoms with E-state index in [0.29, 0.717) is 11.3 Å². The molecule has 2 aliphatic heterocycles. The number of nitrogens with zero attached hydrogens (tertiary/aromatic N) is 2. The van der Waals surface area contributed by atoms with Crippen molar-refractivity contribution in [3.8, 4) is 0 Å². The predicted molar refractivity (Wildman–Crippen MR) is 103 cm³/mol. The largest absolute Gasteiger partial charge is 0.339 e. The molecule has 4 rings (SSSR count). The number of hydrogen-bond donors (Lipinski definition) is 0. The van der Waals surface area contributed by atoms with Gasteiger partial charge in [-0.05, 0) is 55.7 Å². The maximum Gasteiger partial charge on any atom is 0.253 e. The number of carbonyl (C=O) groups is 3. The van der Waals surface area contributed by atoms with Crippen LogP contribution in [0, 0.1) is 16.7 Å². The van der Waals surface area contributed by atoms with Crippen LogP contribution in [0.3, 0.4) is 0 Å². The van der Waals surface area contributed by atoms with Crippen LogP contribution in [0.25, 0.3) is 0 Å². The van der Waals surface area contributed by atoms with Crippen molar-refractivity contribution in [1.82, 2.24) is 4.90 Å². The number of piperidine rings is 2. The van der Waals surface area contributed by atoms with Crippen LogP contribution in [0.2, 0.25) is 0 Å². The Kier molecular flexibility index (Phi) is 4.17. The molecule has 0 aromatic heterocycles. The molecule has 1 aliphatic carbocycles. The second-order valence-corrected chi connectivity index (χ2v) is 9.03. The number of hydrogen-bond acceptors (Lipinski definition) is 3. The predicted octanol–water partition coefficient (Wildman–Crippen LogP) is 3.63. The number of rotatable bonds is 2. The quantitative estimate of drug-likeness (QED) is 0.749. The van der Waals surface area contributed by atoms with Gasteiger partial charge in [0.05, 0.1) is 11.1 Å². The Hall–Kier alpha value is -2.17. The topological polar surface area (TPSA) is 57.7 Å². The average molecular weight is 368 g/mol. The van der Waals surface area contributed by atoms with Crippen LogP contribution in [0.15, 0.2) is 24.3 Å². The molecule has 0 N–H and O–H groups in total. The van der Waals surface area contributed by atoms with Crippen molar-refractivity contribution in [2.45, 2.75) is 52.9 Å². The molecule has 3 fully saturated rings. The molecule has 5 nitrogen and oxygen atoms in total. The molecule has 1 aromatic rings. The van der Waals surface area contributed by atoms with Gasteiger partial charge in [-0.2, -0.15) is 0 Å². The molecular formula is C22H28N2O3. The number of fused-ring (bicyclic) bond motifs is 2. The number of imide groups is 1. The van der Waals surface area contributed by atoms with Crippen molar-refractivity contribution in [1.29, 1.82) is 0 Å². The summed E-state index contributed by atoms with van der Waals surface area (Å²) >= 11 is 0. The van der Waals surface area contributed by atoms with Crippen molar-refractivity contribution < 1.29 is 14.4 Å². The first kappa shape index (κ1) is 18.2. The lowest BCUT2D eigenvalue weighted by atomic mass is 9.62. The highest BCUT2D eigenvalue weighted by molar-refractivity contribution is 6.20. The summed E-state index contributed by atoms with van der Waals surface area (Å²) in [5, 5.41) is 0. The molecular weight excluding hydrogens is 340 g/mol. The summed E-state index contributed by atoms with van der Waals surface area (Å²) in [5.41, 5.74) is 0.205. The van der Waals surface area contributed by atoms with Crippen LogP contribution in [0.4, 0.5) is 5.69 Å². The van der Waals surface area contributed by atoms with E-state index in [1.807, 2.05) is 25.7 Å². The zero-order chi connectivity index (χ0) is 19.4. The van der Waals surface area contributed by atoms with Crippen LogP contribution >= 0.6 is 0 Å². The van der Waals surface area contributed by atoms with Gasteiger partial charge in [0.15, 0.2) is 0 Å². The van der Waals surface area contributed by atoms with Crippen molar-refractivity contribution in [2.24, 2.45) is 16.7 Å². The Balaban J connectivity index is 1.67. The summed E-state index contributed by atoms with van der Waals surface area (Å²) in [7, 11) is 0. The first-order valence-electron chi connectivity index (χ1n) is 10.0. The molecule has 144 valence electrons. The van der Waals surface area contributed by atoms with Gasteiger partial charge in [-0.15, -0.1) is 0 Å². The average Bonchev–Trinajstić information content (AvgIpc) is 2.85. The smallest absolute Gasteiger partial charge is 0.253 e. The van der Waals surface area contributed by atoms with Crippen LogP contribution in [0.5, 0.6) is 0 Å². The van der Waals surface area contributed by atoms with E-state index in [4.69, 9.17) is 0 Å². The molecule has 2 heterocycles. The summed E-state index contributed by atoms with van der Waals surface area (Å²) in [6.07, 6.45) is 4.71. The zero-order valence-corrected chi connectivity index (χ0v) is 16.5. The third-order valence-corrected chi connectivity index (χ3v) is 7.41. The molecule has 2 bridgehead atoms. The van der Waals surface area contributed by atoms with E-state index < -0.39 is 5.41 Å². The lowest BCUT2D eigenvalue weighted by Gasteiger charge is -2.47. The Morgan fingerprint density at radius 1 is 1.07 bits per heavy atom. The number of likely N-dealkylation sites (tertiary alicyclic amines) is 1. The van der Waals surface area contributed by atoms with Crippen LogP contribution in [0.1, 0.15) is 63.2 Å². The van der Waals surface area contributed by atoms with E-state index in [1.165, 1.54) is 4.90 Å². The first-order valence-corrected chi connectivity index (χ1v) is 10.0. The summed E-state index contributed by atoms with van der Waals surface area (Å²) in [6.45, 7) is 7.61. The highest BCUT2D eigenvalue weighted by Crippen LogP contribution is 2.60. The third kappa shape index (κ3) is 2.54. The van der Waals surface area contributed by atoms with Gasteiger partial charge >= 0.3 is 0 Å². The van der Waals surface area contributed by atoms with Gasteiger partial charge in [-0.1, -0.05) is 26.8 Å². The first-order chi connectivity index (χ1) is 12.8. The molecule has 0 radical (unpaired) electrons. The number of amides is 3. The molecule has 27 heavy (non-hydrogen) atoms. The Morgan fingerprint density at radius 3 is 2.48 bits per heavy atom. The fourth-order valence-corrected chi connectivity index (χ4v) is 5.12. The van der Waals surface area contributed by atoms with Crippen molar-refractivity contribution in [3.63, 3.8) is 0 Å². The SMILES string of the molecule is CC1(C)[C@H]2CC[C@]1(C)C(=O)N(c1cccc(C(=O)N3CCCCC3)c1)C2=O. The van der Waals surface area contributed by atoms with Gasteiger partial charge in [0.25, 0.3) is 5.91 Å². The normalized spacial score (nSPS) is 30.0. The highest BCUT2D eigenvalue weighted by Gasteiger charge is 2.64. The molecule has 2 saturated heterocycles.